The molecule has 0 bridgehead atoms. The lowest BCUT2D eigenvalue weighted by Crippen LogP contribution is -2.17. The fraction of sp³-hybridized carbons (Fsp3) is 0.130. The minimum atomic E-state index is 0.313. The first-order chi connectivity index (χ1) is 12.3. The summed E-state index contributed by atoms with van der Waals surface area (Å²) in [5.74, 6) is 0. The number of hydrogen-bond donors (Lipinski definition) is 1. The van der Waals surface area contributed by atoms with Crippen molar-refractivity contribution < 1.29 is 0 Å². The van der Waals surface area contributed by atoms with E-state index in [0.29, 0.717) is 6.04 Å². The van der Waals surface area contributed by atoms with Gasteiger partial charge < -0.3 is 5.32 Å². The van der Waals surface area contributed by atoms with Crippen molar-refractivity contribution in [3.8, 4) is 10.4 Å². The Morgan fingerprint density at radius 2 is 1.56 bits per heavy atom. The molecule has 0 radical (unpaired) electrons. The van der Waals surface area contributed by atoms with Crippen molar-refractivity contribution in [1.29, 1.82) is 0 Å². The molecule has 0 saturated heterocycles. The van der Waals surface area contributed by atoms with Gasteiger partial charge in [0, 0.05) is 22.3 Å². The van der Waals surface area contributed by atoms with Crippen LogP contribution in [0.25, 0.3) is 21.2 Å². The SMILES string of the molecule is C[C@@H](NCc1ccc(-c2ccccc2)s1)c1cccc2ccccc12. The average molecular weight is 343 g/mol. The quantitative estimate of drug-likeness (QED) is 0.441. The average Bonchev–Trinajstić information content (AvgIpc) is 3.15. The molecule has 1 nitrogen and oxygen atoms in total. The van der Waals surface area contributed by atoms with E-state index in [0.717, 1.165) is 6.54 Å². The van der Waals surface area contributed by atoms with E-state index in [9.17, 15) is 0 Å². The molecule has 0 saturated carbocycles. The van der Waals surface area contributed by atoms with Crippen LogP contribution in [0.1, 0.15) is 23.4 Å². The predicted molar refractivity (Wildman–Crippen MR) is 109 cm³/mol. The van der Waals surface area contributed by atoms with Crippen LogP contribution in [-0.4, -0.2) is 0 Å². The van der Waals surface area contributed by atoms with Gasteiger partial charge in [-0.3, -0.25) is 0 Å². The largest absolute Gasteiger partial charge is 0.305 e. The normalized spacial score (nSPS) is 12.4. The zero-order chi connectivity index (χ0) is 17.1. The van der Waals surface area contributed by atoms with Gasteiger partial charge in [0.2, 0.25) is 0 Å². The molecule has 0 amide bonds. The highest BCUT2D eigenvalue weighted by molar-refractivity contribution is 7.15. The van der Waals surface area contributed by atoms with Gasteiger partial charge in [-0.1, -0.05) is 72.8 Å². The first-order valence-electron chi connectivity index (χ1n) is 8.66. The van der Waals surface area contributed by atoms with Gasteiger partial charge in [-0.2, -0.15) is 0 Å². The van der Waals surface area contributed by atoms with Crippen molar-refractivity contribution in [3.63, 3.8) is 0 Å². The van der Waals surface area contributed by atoms with Crippen molar-refractivity contribution in [2.45, 2.75) is 19.5 Å². The summed E-state index contributed by atoms with van der Waals surface area (Å²) in [7, 11) is 0. The molecular weight excluding hydrogens is 322 g/mol. The van der Waals surface area contributed by atoms with Crippen LogP contribution in [0.5, 0.6) is 0 Å². The molecule has 1 atom stereocenters. The summed E-state index contributed by atoms with van der Waals surface area (Å²) in [5, 5.41) is 6.32. The highest BCUT2D eigenvalue weighted by atomic mass is 32.1. The summed E-state index contributed by atoms with van der Waals surface area (Å²) in [6, 6.07) is 30.5. The highest BCUT2D eigenvalue weighted by Crippen LogP contribution is 2.29. The van der Waals surface area contributed by atoms with Crippen LogP contribution in [0.15, 0.2) is 84.9 Å². The summed E-state index contributed by atoms with van der Waals surface area (Å²) in [5.41, 5.74) is 2.65. The Balaban J connectivity index is 1.49. The van der Waals surface area contributed by atoms with Crippen LogP contribution in [0.4, 0.5) is 0 Å². The van der Waals surface area contributed by atoms with Gasteiger partial charge in [0.15, 0.2) is 0 Å². The molecule has 25 heavy (non-hydrogen) atoms. The Kier molecular flexibility index (Phi) is 4.64. The number of fused-ring (bicyclic) bond motifs is 1. The molecule has 4 rings (SSSR count). The second-order valence-corrected chi connectivity index (χ2v) is 7.47. The van der Waals surface area contributed by atoms with Crippen LogP contribution >= 0.6 is 11.3 Å². The maximum Gasteiger partial charge on any atom is 0.0346 e. The fourth-order valence-corrected chi connectivity index (χ4v) is 4.19. The van der Waals surface area contributed by atoms with Gasteiger partial charge in [0.25, 0.3) is 0 Å². The van der Waals surface area contributed by atoms with Crippen molar-refractivity contribution >= 4 is 22.1 Å². The van der Waals surface area contributed by atoms with Gasteiger partial charge in [0.05, 0.1) is 0 Å². The molecule has 124 valence electrons. The monoisotopic (exact) mass is 343 g/mol. The van der Waals surface area contributed by atoms with Gasteiger partial charge in [-0.25, -0.2) is 0 Å². The van der Waals surface area contributed by atoms with Crippen molar-refractivity contribution in [2.24, 2.45) is 0 Å². The molecule has 0 fully saturated rings. The topological polar surface area (TPSA) is 12.0 Å². The van der Waals surface area contributed by atoms with Crippen LogP contribution < -0.4 is 5.32 Å². The number of benzene rings is 3. The molecule has 2 heteroatoms. The second-order valence-electron chi connectivity index (χ2n) is 6.30. The summed E-state index contributed by atoms with van der Waals surface area (Å²) in [6.07, 6.45) is 0. The summed E-state index contributed by atoms with van der Waals surface area (Å²) in [6.45, 7) is 3.13. The Bertz CT molecular complexity index is 966. The maximum absolute atomic E-state index is 3.68. The van der Waals surface area contributed by atoms with E-state index in [4.69, 9.17) is 0 Å². The number of nitrogens with one attached hydrogen (secondary N) is 1. The van der Waals surface area contributed by atoms with Crippen LogP contribution in [0.3, 0.4) is 0 Å². The van der Waals surface area contributed by atoms with Crippen LogP contribution in [-0.2, 0) is 6.54 Å². The maximum atomic E-state index is 3.68. The zero-order valence-corrected chi connectivity index (χ0v) is 15.1. The first kappa shape index (κ1) is 16.1. The smallest absolute Gasteiger partial charge is 0.0346 e. The lowest BCUT2D eigenvalue weighted by atomic mass is 10.00. The molecule has 0 unspecified atom stereocenters. The molecule has 0 spiro atoms. The van der Waals surface area contributed by atoms with E-state index < -0.39 is 0 Å². The van der Waals surface area contributed by atoms with E-state index in [-0.39, 0.29) is 0 Å². The standard InChI is InChI=1S/C23H21NS/c1-17(21-13-7-11-18-8-5-6-12-22(18)21)24-16-20-14-15-23(25-20)19-9-3-2-4-10-19/h2-15,17,24H,16H2,1H3/t17-/m1/s1. The Morgan fingerprint density at radius 1 is 0.800 bits per heavy atom. The van der Waals surface area contributed by atoms with Crippen LogP contribution in [0, 0.1) is 0 Å². The molecule has 0 aliphatic carbocycles. The van der Waals surface area contributed by atoms with E-state index in [1.54, 1.807) is 0 Å². The Hall–Kier alpha value is -2.42. The van der Waals surface area contributed by atoms with E-state index >= 15 is 0 Å². The van der Waals surface area contributed by atoms with Crippen molar-refractivity contribution in [3.05, 3.63) is 95.4 Å². The van der Waals surface area contributed by atoms with E-state index in [1.807, 2.05) is 11.3 Å². The molecule has 1 N–H and O–H groups in total. The van der Waals surface area contributed by atoms with E-state index in [2.05, 4.69) is 97.2 Å². The first-order valence-corrected chi connectivity index (χ1v) is 9.48. The Morgan fingerprint density at radius 3 is 2.44 bits per heavy atom. The van der Waals surface area contributed by atoms with Gasteiger partial charge in [0.1, 0.15) is 0 Å². The number of hydrogen-bond acceptors (Lipinski definition) is 2. The van der Waals surface area contributed by atoms with Gasteiger partial charge >= 0.3 is 0 Å². The molecule has 1 aromatic heterocycles. The van der Waals surface area contributed by atoms with Crippen molar-refractivity contribution in [2.75, 3.05) is 0 Å². The van der Waals surface area contributed by atoms with Gasteiger partial charge in [-0.05, 0) is 41.0 Å². The zero-order valence-electron chi connectivity index (χ0n) is 14.3. The summed E-state index contributed by atoms with van der Waals surface area (Å²) < 4.78 is 0. The third kappa shape index (κ3) is 3.51. The third-order valence-electron chi connectivity index (χ3n) is 4.59. The fourth-order valence-electron chi connectivity index (χ4n) is 3.22. The van der Waals surface area contributed by atoms with Crippen LogP contribution in [0.2, 0.25) is 0 Å². The van der Waals surface area contributed by atoms with E-state index in [1.165, 1.54) is 31.7 Å². The molecule has 0 aliphatic rings. The molecule has 1 heterocycles. The predicted octanol–water partition coefficient (Wildman–Crippen LogP) is 6.42. The van der Waals surface area contributed by atoms with Gasteiger partial charge in [-0.15, -0.1) is 11.3 Å². The minimum Gasteiger partial charge on any atom is -0.305 e. The lowest BCUT2D eigenvalue weighted by Gasteiger charge is -2.16. The minimum absolute atomic E-state index is 0.313. The molecule has 0 aliphatic heterocycles. The second kappa shape index (κ2) is 7.22. The van der Waals surface area contributed by atoms with Crippen molar-refractivity contribution in [1.82, 2.24) is 5.32 Å². The molecule has 3 aromatic carbocycles. The number of thiophene rings is 1. The molecular formula is C23H21NS. The number of rotatable bonds is 5. The summed E-state index contributed by atoms with van der Waals surface area (Å²) >= 11 is 1.86. The molecule has 4 aromatic rings. The lowest BCUT2D eigenvalue weighted by molar-refractivity contribution is 0.582. The third-order valence-corrected chi connectivity index (χ3v) is 5.73. The highest BCUT2D eigenvalue weighted by Gasteiger charge is 2.09. The summed E-state index contributed by atoms with van der Waals surface area (Å²) in [4.78, 5) is 2.70. The Labute approximate surface area is 153 Å².